The van der Waals surface area contributed by atoms with E-state index >= 15 is 0 Å². The minimum atomic E-state index is 1.15. The summed E-state index contributed by atoms with van der Waals surface area (Å²) < 4.78 is 0. The third kappa shape index (κ3) is 6.66. The summed E-state index contributed by atoms with van der Waals surface area (Å²) in [5.41, 5.74) is 9.63. The SMILES string of the molecule is CC(=CC=Cc1ccc(Sc2ccccc2)cc1)c1ccc(N(c2ccc(C)cc2)c2ccc(C)cc2)c2ccccc12. The molecular weight excluding hydrogens is 539 g/mol. The van der Waals surface area contributed by atoms with Gasteiger partial charge in [-0.2, -0.15) is 0 Å². The molecule has 0 aliphatic carbocycles. The molecule has 0 saturated carbocycles. The van der Waals surface area contributed by atoms with Crippen LogP contribution in [0.3, 0.4) is 0 Å². The highest BCUT2D eigenvalue weighted by Crippen LogP contribution is 2.41. The van der Waals surface area contributed by atoms with Crippen molar-refractivity contribution >= 4 is 51.2 Å². The van der Waals surface area contributed by atoms with Gasteiger partial charge in [-0.15, -0.1) is 0 Å². The van der Waals surface area contributed by atoms with Gasteiger partial charge in [0.15, 0.2) is 0 Å². The Hall–Kier alpha value is -4.79. The van der Waals surface area contributed by atoms with Crippen molar-refractivity contribution < 1.29 is 0 Å². The van der Waals surface area contributed by atoms with Gasteiger partial charge in [-0.25, -0.2) is 0 Å². The molecule has 43 heavy (non-hydrogen) atoms. The molecule has 6 aromatic carbocycles. The van der Waals surface area contributed by atoms with Crippen LogP contribution in [-0.2, 0) is 0 Å². The Labute approximate surface area is 259 Å². The number of rotatable bonds is 8. The van der Waals surface area contributed by atoms with Gasteiger partial charge in [-0.05, 0) is 97.5 Å². The molecule has 2 heteroatoms. The van der Waals surface area contributed by atoms with Crippen LogP contribution in [0, 0.1) is 13.8 Å². The molecule has 0 spiro atoms. The summed E-state index contributed by atoms with van der Waals surface area (Å²) in [6.45, 7) is 6.46. The van der Waals surface area contributed by atoms with Crippen LogP contribution in [0.5, 0.6) is 0 Å². The van der Waals surface area contributed by atoms with Crippen molar-refractivity contribution in [3.63, 3.8) is 0 Å². The zero-order chi connectivity index (χ0) is 29.6. The number of aryl methyl sites for hydroxylation is 2. The Morgan fingerprint density at radius 2 is 1.12 bits per heavy atom. The molecule has 0 aliphatic heterocycles. The molecule has 0 bridgehead atoms. The van der Waals surface area contributed by atoms with Gasteiger partial charge in [0.1, 0.15) is 0 Å². The molecule has 1 nitrogen and oxygen atoms in total. The summed E-state index contributed by atoms with van der Waals surface area (Å²) >= 11 is 1.79. The lowest BCUT2D eigenvalue weighted by Gasteiger charge is -2.27. The number of hydrogen-bond acceptors (Lipinski definition) is 2. The minimum absolute atomic E-state index is 1.15. The Balaban J connectivity index is 1.30. The first-order valence-corrected chi connectivity index (χ1v) is 15.5. The monoisotopic (exact) mass is 573 g/mol. The average Bonchev–Trinajstić information content (AvgIpc) is 3.04. The third-order valence-corrected chi connectivity index (χ3v) is 8.66. The van der Waals surface area contributed by atoms with Crippen LogP contribution in [0.15, 0.2) is 161 Å². The molecule has 0 radical (unpaired) electrons. The molecular formula is C41H35NS. The quantitative estimate of drug-likeness (QED) is 0.167. The Morgan fingerprint density at radius 3 is 1.74 bits per heavy atom. The molecule has 6 rings (SSSR count). The van der Waals surface area contributed by atoms with E-state index in [1.54, 1.807) is 11.8 Å². The van der Waals surface area contributed by atoms with E-state index in [1.165, 1.54) is 54.1 Å². The van der Waals surface area contributed by atoms with E-state index in [2.05, 4.69) is 183 Å². The zero-order valence-corrected chi connectivity index (χ0v) is 25.7. The third-order valence-electron chi connectivity index (χ3n) is 7.65. The van der Waals surface area contributed by atoms with Crippen LogP contribution >= 0.6 is 11.8 Å². The first-order chi connectivity index (χ1) is 21.0. The van der Waals surface area contributed by atoms with E-state index in [0.717, 1.165) is 11.4 Å². The van der Waals surface area contributed by atoms with Crippen molar-refractivity contribution in [2.75, 3.05) is 4.90 Å². The Morgan fingerprint density at radius 1 is 0.558 bits per heavy atom. The van der Waals surface area contributed by atoms with Gasteiger partial charge in [0, 0.05) is 26.6 Å². The van der Waals surface area contributed by atoms with E-state index in [-0.39, 0.29) is 0 Å². The van der Waals surface area contributed by atoms with Crippen molar-refractivity contribution in [2.45, 2.75) is 30.6 Å². The number of allylic oxidation sites excluding steroid dienone is 3. The molecule has 0 atom stereocenters. The fourth-order valence-electron chi connectivity index (χ4n) is 5.30. The van der Waals surface area contributed by atoms with Gasteiger partial charge in [0.2, 0.25) is 0 Å². The normalized spacial score (nSPS) is 11.7. The van der Waals surface area contributed by atoms with Crippen molar-refractivity contribution in [1.82, 2.24) is 0 Å². The van der Waals surface area contributed by atoms with Gasteiger partial charge in [-0.3, -0.25) is 0 Å². The van der Waals surface area contributed by atoms with Crippen LogP contribution in [0.2, 0.25) is 0 Å². The molecule has 0 amide bonds. The van der Waals surface area contributed by atoms with Gasteiger partial charge in [0.05, 0.1) is 5.69 Å². The smallest absolute Gasteiger partial charge is 0.0540 e. The topological polar surface area (TPSA) is 3.24 Å². The van der Waals surface area contributed by atoms with Crippen LogP contribution in [-0.4, -0.2) is 0 Å². The predicted octanol–water partition coefficient (Wildman–Crippen LogP) is 12.2. The molecule has 0 saturated heterocycles. The zero-order valence-electron chi connectivity index (χ0n) is 24.9. The van der Waals surface area contributed by atoms with Gasteiger partial charge in [0.25, 0.3) is 0 Å². The maximum absolute atomic E-state index is 2.36. The molecule has 0 aliphatic rings. The van der Waals surface area contributed by atoms with E-state index in [1.807, 2.05) is 0 Å². The maximum atomic E-state index is 2.36. The standard InChI is InChI=1S/C41H35NS/c1-30-16-22-34(23-17-30)42(35-24-18-31(2)19-25-35)41-29-28-38(39-14-7-8-15-40(39)41)32(3)10-9-11-33-20-26-37(27-21-33)43-36-12-5-4-6-13-36/h4-29H,1-3H3. The number of fused-ring (bicyclic) bond motifs is 1. The number of nitrogens with zero attached hydrogens (tertiary/aromatic N) is 1. The second-order valence-electron chi connectivity index (χ2n) is 10.9. The van der Waals surface area contributed by atoms with Crippen molar-refractivity contribution in [3.8, 4) is 0 Å². The van der Waals surface area contributed by atoms with Crippen LogP contribution in [0.4, 0.5) is 17.1 Å². The summed E-state index contributed by atoms with van der Waals surface area (Å²) in [6.07, 6.45) is 6.54. The average molecular weight is 574 g/mol. The number of benzene rings is 6. The van der Waals surface area contributed by atoms with Crippen molar-refractivity contribution in [2.24, 2.45) is 0 Å². The lowest BCUT2D eigenvalue weighted by atomic mass is 9.96. The second-order valence-corrected chi connectivity index (χ2v) is 12.0. The van der Waals surface area contributed by atoms with E-state index in [0.29, 0.717) is 0 Å². The number of hydrogen-bond donors (Lipinski definition) is 0. The largest absolute Gasteiger partial charge is 0.310 e. The van der Waals surface area contributed by atoms with Gasteiger partial charge in [-0.1, -0.05) is 126 Å². The fraction of sp³-hybridized carbons (Fsp3) is 0.0732. The summed E-state index contributed by atoms with van der Waals surface area (Å²) in [7, 11) is 0. The minimum Gasteiger partial charge on any atom is -0.310 e. The Bertz CT molecular complexity index is 1840. The maximum Gasteiger partial charge on any atom is 0.0540 e. The van der Waals surface area contributed by atoms with E-state index in [9.17, 15) is 0 Å². The van der Waals surface area contributed by atoms with Crippen LogP contribution in [0.25, 0.3) is 22.4 Å². The molecule has 6 aromatic rings. The lowest BCUT2D eigenvalue weighted by molar-refractivity contribution is 1.28. The van der Waals surface area contributed by atoms with Crippen molar-refractivity contribution in [1.29, 1.82) is 0 Å². The lowest BCUT2D eigenvalue weighted by Crippen LogP contribution is -2.10. The first-order valence-electron chi connectivity index (χ1n) is 14.7. The summed E-state index contributed by atoms with van der Waals surface area (Å²) in [4.78, 5) is 4.86. The second kappa shape index (κ2) is 13.0. The highest BCUT2D eigenvalue weighted by Gasteiger charge is 2.17. The fourth-order valence-corrected chi connectivity index (χ4v) is 6.14. The highest BCUT2D eigenvalue weighted by atomic mass is 32.2. The Kier molecular flexibility index (Phi) is 8.58. The summed E-state index contributed by atoms with van der Waals surface area (Å²) in [5, 5.41) is 2.47. The molecule has 210 valence electrons. The summed E-state index contributed by atoms with van der Waals surface area (Å²) in [6, 6.07) is 50.1. The first kappa shape index (κ1) is 28.3. The molecule has 0 heterocycles. The summed E-state index contributed by atoms with van der Waals surface area (Å²) in [5.74, 6) is 0. The molecule has 0 unspecified atom stereocenters. The molecule has 0 fully saturated rings. The van der Waals surface area contributed by atoms with E-state index < -0.39 is 0 Å². The van der Waals surface area contributed by atoms with Crippen LogP contribution < -0.4 is 4.90 Å². The van der Waals surface area contributed by atoms with Crippen molar-refractivity contribution in [3.05, 3.63) is 174 Å². The van der Waals surface area contributed by atoms with Gasteiger partial charge < -0.3 is 4.90 Å². The predicted molar refractivity (Wildman–Crippen MR) is 188 cm³/mol. The van der Waals surface area contributed by atoms with E-state index in [4.69, 9.17) is 0 Å². The van der Waals surface area contributed by atoms with Crippen LogP contribution in [0.1, 0.15) is 29.2 Å². The molecule has 0 aromatic heterocycles. The van der Waals surface area contributed by atoms with Gasteiger partial charge >= 0.3 is 0 Å². The highest BCUT2D eigenvalue weighted by molar-refractivity contribution is 7.99. The molecule has 0 N–H and O–H groups in total. The number of anilines is 3.